The second-order valence-electron chi connectivity index (χ2n) is 11.0. The number of ether oxygens (including phenoxy) is 6. The Morgan fingerprint density at radius 1 is 0.941 bits per heavy atom. The van der Waals surface area contributed by atoms with Crippen LogP contribution in [-0.2, 0) is 25.7 Å². The lowest BCUT2D eigenvalue weighted by Crippen LogP contribution is -2.40. The number of carbonyl (C=O) groups excluding carboxylic acids is 2. The molecule has 51 heavy (non-hydrogen) atoms. The monoisotopic (exact) mass is 890 g/mol. The van der Waals surface area contributed by atoms with E-state index in [1.807, 2.05) is 50.2 Å². The summed E-state index contributed by atoms with van der Waals surface area (Å²) in [5, 5.41) is 0. The van der Waals surface area contributed by atoms with E-state index in [4.69, 9.17) is 28.4 Å². The van der Waals surface area contributed by atoms with Gasteiger partial charge < -0.3 is 28.4 Å². The summed E-state index contributed by atoms with van der Waals surface area (Å²) >= 11 is 6.88. The number of fused-ring (bicyclic) bond motifs is 1. The van der Waals surface area contributed by atoms with Crippen LogP contribution in [0.1, 0.15) is 50.4 Å². The fourth-order valence-electron chi connectivity index (χ4n) is 5.35. The Balaban J connectivity index is 1.59. The van der Waals surface area contributed by atoms with Crippen LogP contribution in [0.2, 0.25) is 0 Å². The molecule has 0 amide bonds. The molecule has 4 aromatic rings. The lowest BCUT2D eigenvalue weighted by Gasteiger charge is -2.25. The van der Waals surface area contributed by atoms with Gasteiger partial charge in [0.15, 0.2) is 34.4 Å². The van der Waals surface area contributed by atoms with Crippen molar-refractivity contribution in [3.05, 3.63) is 110 Å². The van der Waals surface area contributed by atoms with Crippen LogP contribution in [0.3, 0.4) is 0 Å². The number of aromatic nitrogens is 1. The molecule has 0 aliphatic carbocycles. The van der Waals surface area contributed by atoms with Crippen LogP contribution in [0, 0.1) is 3.57 Å². The van der Waals surface area contributed by atoms with Crippen LogP contribution in [0.25, 0.3) is 6.08 Å². The van der Waals surface area contributed by atoms with Gasteiger partial charge in [-0.25, -0.2) is 14.6 Å². The van der Waals surface area contributed by atoms with Crippen molar-refractivity contribution in [2.45, 2.75) is 40.3 Å². The summed E-state index contributed by atoms with van der Waals surface area (Å²) in [7, 11) is 1.27. The van der Waals surface area contributed by atoms with E-state index in [0.29, 0.717) is 63.4 Å². The molecule has 1 aliphatic rings. The highest BCUT2D eigenvalue weighted by Gasteiger charge is 2.34. The van der Waals surface area contributed by atoms with Crippen molar-refractivity contribution in [3.8, 4) is 23.0 Å². The van der Waals surface area contributed by atoms with E-state index in [-0.39, 0.29) is 24.3 Å². The highest BCUT2D eigenvalue weighted by atomic mass is 127. The quantitative estimate of drug-likeness (QED) is 0.109. The van der Waals surface area contributed by atoms with Gasteiger partial charge in [-0.2, -0.15) is 0 Å². The number of rotatable bonds is 14. The molecule has 0 saturated carbocycles. The number of nitrogens with zero attached hydrogens (tertiary/aromatic N) is 2. The Morgan fingerprint density at radius 3 is 2.35 bits per heavy atom. The minimum atomic E-state index is -0.884. The zero-order chi connectivity index (χ0) is 36.7. The van der Waals surface area contributed by atoms with Crippen molar-refractivity contribution in [3.63, 3.8) is 0 Å². The highest BCUT2D eigenvalue weighted by Crippen LogP contribution is 2.37. The SMILES string of the molecule is CCOC(=O)C1=C(C)N=c2s/c(=C\c3cc(I)c(OCc4ccc(Br)cc4)c(OCC)c3)c(=O)n2[C@@H]1c1ccc(OCC(=O)OC)c(OCC)c1. The van der Waals surface area contributed by atoms with Gasteiger partial charge in [-0.1, -0.05) is 45.5 Å². The average Bonchev–Trinajstić information content (AvgIpc) is 3.41. The number of hydrogen-bond acceptors (Lipinski definition) is 11. The van der Waals surface area contributed by atoms with Crippen molar-refractivity contribution in [2.24, 2.45) is 4.99 Å². The summed E-state index contributed by atoms with van der Waals surface area (Å²) in [6.45, 7) is 8.04. The highest BCUT2D eigenvalue weighted by molar-refractivity contribution is 14.1. The Hall–Kier alpha value is -4.15. The van der Waals surface area contributed by atoms with E-state index in [1.54, 1.807) is 38.1 Å². The number of halogens is 2. The van der Waals surface area contributed by atoms with Crippen molar-refractivity contribution < 1.29 is 38.0 Å². The fourth-order valence-corrected chi connectivity index (χ4v) is 7.44. The maximum atomic E-state index is 14.3. The summed E-state index contributed by atoms with van der Waals surface area (Å²) in [5.41, 5.74) is 2.61. The van der Waals surface area contributed by atoms with Gasteiger partial charge in [0, 0.05) is 4.47 Å². The Kier molecular flexibility index (Phi) is 13.0. The zero-order valence-corrected chi connectivity index (χ0v) is 33.2. The van der Waals surface area contributed by atoms with E-state index in [1.165, 1.54) is 23.0 Å². The van der Waals surface area contributed by atoms with Gasteiger partial charge >= 0.3 is 11.9 Å². The van der Waals surface area contributed by atoms with E-state index in [0.717, 1.165) is 19.2 Å². The lowest BCUT2D eigenvalue weighted by molar-refractivity contribution is -0.143. The van der Waals surface area contributed by atoms with Gasteiger partial charge in [0.05, 0.1) is 52.3 Å². The van der Waals surface area contributed by atoms with Crippen LogP contribution in [0.4, 0.5) is 0 Å². The predicted molar refractivity (Wildman–Crippen MR) is 204 cm³/mol. The molecule has 0 fully saturated rings. The molecule has 1 aliphatic heterocycles. The van der Waals surface area contributed by atoms with Crippen LogP contribution < -0.4 is 33.8 Å². The van der Waals surface area contributed by atoms with Gasteiger partial charge in [0.25, 0.3) is 5.56 Å². The van der Waals surface area contributed by atoms with Crippen molar-refractivity contribution in [1.29, 1.82) is 0 Å². The molecule has 0 saturated heterocycles. The second-order valence-corrected chi connectivity index (χ2v) is 14.1. The maximum Gasteiger partial charge on any atom is 0.343 e. The number of thiazole rings is 1. The van der Waals surface area contributed by atoms with Crippen LogP contribution in [0.5, 0.6) is 23.0 Å². The minimum absolute atomic E-state index is 0.140. The topological polar surface area (TPSA) is 124 Å². The minimum Gasteiger partial charge on any atom is -0.490 e. The summed E-state index contributed by atoms with van der Waals surface area (Å²) < 4.78 is 37.5. The first kappa shape index (κ1) is 38.1. The van der Waals surface area contributed by atoms with Crippen LogP contribution >= 0.6 is 49.9 Å². The lowest BCUT2D eigenvalue weighted by atomic mass is 9.95. The third-order valence-corrected chi connectivity index (χ3v) is 9.91. The van der Waals surface area contributed by atoms with E-state index >= 15 is 0 Å². The molecule has 3 aromatic carbocycles. The standard InChI is InChI=1S/C37H36BrIN2O9S/c1-6-46-28-18-24(11-14-27(28)49-20-31(42)45-5)33-32(36(44)48-8-3)21(4)40-37-41(33)35(43)30(51-37)17-23-15-26(39)34(29(16-23)47-7-2)50-19-22-9-12-25(38)13-10-22/h9-18,33H,6-8,19-20H2,1-5H3/b30-17-/t33-/m1/s1. The molecule has 0 radical (unpaired) electrons. The molecule has 14 heteroatoms. The summed E-state index contributed by atoms with van der Waals surface area (Å²) in [6.07, 6.45) is 1.78. The molecule has 0 N–H and O–H groups in total. The summed E-state index contributed by atoms with van der Waals surface area (Å²) in [6, 6.07) is 15.8. The Labute approximate surface area is 320 Å². The Morgan fingerprint density at radius 2 is 1.67 bits per heavy atom. The third-order valence-electron chi connectivity index (χ3n) is 7.60. The largest absolute Gasteiger partial charge is 0.490 e. The average molecular weight is 892 g/mol. The first-order valence-electron chi connectivity index (χ1n) is 16.1. The summed E-state index contributed by atoms with van der Waals surface area (Å²) in [4.78, 5) is 44.6. The van der Waals surface area contributed by atoms with Crippen molar-refractivity contribution in [1.82, 2.24) is 4.57 Å². The zero-order valence-electron chi connectivity index (χ0n) is 28.6. The molecule has 2 heterocycles. The third kappa shape index (κ3) is 8.84. The molecule has 0 unspecified atom stereocenters. The molecule has 5 rings (SSSR count). The van der Waals surface area contributed by atoms with Crippen molar-refractivity contribution in [2.75, 3.05) is 33.5 Å². The normalized spacial score (nSPS) is 14.0. The van der Waals surface area contributed by atoms with E-state index < -0.39 is 18.0 Å². The molecule has 0 spiro atoms. The smallest absolute Gasteiger partial charge is 0.343 e. The second kappa shape index (κ2) is 17.4. The molecule has 1 atom stereocenters. The number of carbonyl (C=O) groups is 2. The van der Waals surface area contributed by atoms with Crippen molar-refractivity contribution >= 4 is 67.9 Å². The molecule has 11 nitrogen and oxygen atoms in total. The molecular formula is C37H36BrIN2O9S. The van der Waals surface area contributed by atoms with Crippen LogP contribution in [-0.4, -0.2) is 50.0 Å². The number of methoxy groups -OCH3 is 1. The molecule has 1 aromatic heterocycles. The van der Waals surface area contributed by atoms with Gasteiger partial charge in [0.2, 0.25) is 0 Å². The molecular weight excluding hydrogens is 855 g/mol. The molecule has 268 valence electrons. The fraction of sp³-hybridized carbons (Fsp3) is 0.297. The molecule has 0 bridgehead atoms. The van der Waals surface area contributed by atoms with Crippen LogP contribution in [0.15, 0.2) is 80.1 Å². The van der Waals surface area contributed by atoms with Gasteiger partial charge in [0.1, 0.15) is 6.61 Å². The van der Waals surface area contributed by atoms with Gasteiger partial charge in [-0.15, -0.1) is 0 Å². The van der Waals surface area contributed by atoms with E-state index in [9.17, 15) is 14.4 Å². The summed E-state index contributed by atoms with van der Waals surface area (Å²) in [5.74, 6) is 0.661. The predicted octanol–water partition coefficient (Wildman–Crippen LogP) is 6.09. The van der Waals surface area contributed by atoms with Gasteiger partial charge in [-0.05, 0) is 109 Å². The van der Waals surface area contributed by atoms with E-state index in [2.05, 4.69) is 43.5 Å². The first-order chi connectivity index (χ1) is 24.6. The number of allylic oxidation sites excluding steroid dienone is 1. The number of hydrogen-bond donors (Lipinski definition) is 0. The number of benzene rings is 3. The number of esters is 2. The maximum absolute atomic E-state index is 14.3. The van der Waals surface area contributed by atoms with Gasteiger partial charge in [-0.3, -0.25) is 9.36 Å². The Bertz CT molecular complexity index is 2140. The first-order valence-corrected chi connectivity index (χ1v) is 18.8.